The highest BCUT2D eigenvalue weighted by molar-refractivity contribution is 5.88. The van der Waals surface area contributed by atoms with E-state index in [0.717, 1.165) is 32.5 Å². The molecule has 1 aliphatic carbocycles. The number of nitrogens with zero attached hydrogens (tertiary/aromatic N) is 1. The molecule has 4 nitrogen and oxygen atoms in total. The summed E-state index contributed by atoms with van der Waals surface area (Å²) < 4.78 is 5.63. The van der Waals surface area contributed by atoms with Crippen LogP contribution >= 0.6 is 0 Å². The van der Waals surface area contributed by atoms with E-state index in [9.17, 15) is 4.79 Å². The molecule has 0 aromatic rings. The number of ether oxygens (including phenoxy) is 1. The zero-order valence-corrected chi connectivity index (χ0v) is 12.9. The quantitative estimate of drug-likeness (QED) is 0.862. The molecule has 1 saturated carbocycles. The standard InChI is InChI=1S/C16H28N2O2/c1-3-16(2)15(19)18(13-9-6-10-20-11-13)14(17-16)12-7-4-5-8-12/h12-14,17H,3-11H2,1-2H3. The minimum atomic E-state index is -0.370. The van der Waals surface area contributed by atoms with Gasteiger partial charge in [0.2, 0.25) is 5.91 Å². The van der Waals surface area contributed by atoms with E-state index < -0.39 is 0 Å². The van der Waals surface area contributed by atoms with E-state index in [1.165, 1.54) is 25.7 Å². The van der Waals surface area contributed by atoms with Crippen molar-refractivity contribution in [1.82, 2.24) is 10.2 Å². The molecule has 0 radical (unpaired) electrons. The van der Waals surface area contributed by atoms with Crippen molar-refractivity contribution in [3.63, 3.8) is 0 Å². The molecule has 1 N–H and O–H groups in total. The van der Waals surface area contributed by atoms with Crippen LogP contribution < -0.4 is 5.32 Å². The van der Waals surface area contributed by atoms with Crippen molar-refractivity contribution < 1.29 is 9.53 Å². The molecule has 0 aromatic carbocycles. The highest BCUT2D eigenvalue weighted by Crippen LogP contribution is 2.37. The van der Waals surface area contributed by atoms with Gasteiger partial charge in [-0.3, -0.25) is 10.1 Å². The molecule has 1 amide bonds. The molecule has 4 heteroatoms. The molecule has 0 spiro atoms. The number of carbonyl (C=O) groups excluding carboxylic acids is 1. The predicted molar refractivity (Wildman–Crippen MR) is 78.3 cm³/mol. The molecule has 3 rings (SSSR count). The van der Waals surface area contributed by atoms with E-state index in [1.807, 2.05) is 0 Å². The number of carbonyl (C=O) groups is 1. The van der Waals surface area contributed by atoms with Crippen molar-refractivity contribution in [3.8, 4) is 0 Å². The topological polar surface area (TPSA) is 41.6 Å². The van der Waals surface area contributed by atoms with E-state index in [0.29, 0.717) is 11.8 Å². The van der Waals surface area contributed by atoms with Gasteiger partial charge in [-0.15, -0.1) is 0 Å². The highest BCUT2D eigenvalue weighted by Gasteiger charge is 2.51. The second-order valence-electron chi connectivity index (χ2n) is 6.90. The SMILES string of the molecule is CCC1(C)NC(C2CCCC2)N(C2CCCOC2)C1=O. The van der Waals surface area contributed by atoms with Crippen LogP contribution in [0.25, 0.3) is 0 Å². The summed E-state index contributed by atoms with van der Waals surface area (Å²) in [6.07, 6.45) is 8.42. The fourth-order valence-corrected chi connectivity index (χ4v) is 4.08. The summed E-state index contributed by atoms with van der Waals surface area (Å²) in [5.74, 6) is 0.932. The molecule has 2 aliphatic heterocycles. The van der Waals surface area contributed by atoms with Gasteiger partial charge in [0.1, 0.15) is 0 Å². The van der Waals surface area contributed by atoms with E-state index in [2.05, 4.69) is 24.1 Å². The maximum Gasteiger partial charge on any atom is 0.244 e. The lowest BCUT2D eigenvalue weighted by molar-refractivity contribution is -0.138. The largest absolute Gasteiger partial charge is 0.379 e. The molecule has 0 bridgehead atoms. The van der Waals surface area contributed by atoms with Crippen LogP contribution in [0, 0.1) is 5.92 Å². The first-order chi connectivity index (χ1) is 9.65. The molecule has 3 aliphatic rings. The molecule has 2 heterocycles. The summed E-state index contributed by atoms with van der Waals surface area (Å²) >= 11 is 0. The second kappa shape index (κ2) is 5.64. The van der Waals surface area contributed by atoms with Gasteiger partial charge in [0.25, 0.3) is 0 Å². The van der Waals surface area contributed by atoms with Crippen LogP contribution in [0.2, 0.25) is 0 Å². The summed E-state index contributed by atoms with van der Waals surface area (Å²) in [6.45, 7) is 5.75. The predicted octanol–water partition coefficient (Wildman–Crippen LogP) is 2.28. The van der Waals surface area contributed by atoms with E-state index in [4.69, 9.17) is 4.74 Å². The van der Waals surface area contributed by atoms with Gasteiger partial charge in [0.05, 0.1) is 24.4 Å². The van der Waals surface area contributed by atoms with Crippen LogP contribution in [0.15, 0.2) is 0 Å². The highest BCUT2D eigenvalue weighted by atomic mass is 16.5. The number of amides is 1. The van der Waals surface area contributed by atoms with Crippen molar-refractivity contribution >= 4 is 5.91 Å². The third kappa shape index (κ3) is 2.37. The van der Waals surface area contributed by atoms with Gasteiger partial charge in [-0.05, 0) is 44.9 Å². The molecule has 114 valence electrons. The Morgan fingerprint density at radius 3 is 2.65 bits per heavy atom. The molecule has 2 saturated heterocycles. The average Bonchev–Trinajstić information content (AvgIpc) is 3.08. The van der Waals surface area contributed by atoms with Gasteiger partial charge in [-0.1, -0.05) is 19.8 Å². The van der Waals surface area contributed by atoms with Gasteiger partial charge in [0, 0.05) is 6.61 Å². The molecular formula is C16H28N2O2. The van der Waals surface area contributed by atoms with Gasteiger partial charge in [-0.25, -0.2) is 0 Å². The van der Waals surface area contributed by atoms with Crippen LogP contribution in [-0.2, 0) is 9.53 Å². The minimum absolute atomic E-state index is 0.238. The zero-order valence-electron chi connectivity index (χ0n) is 12.9. The Bertz CT molecular complexity index is 361. The van der Waals surface area contributed by atoms with Gasteiger partial charge >= 0.3 is 0 Å². The normalized spacial score (nSPS) is 39.7. The number of nitrogens with one attached hydrogen (secondary N) is 1. The first kappa shape index (κ1) is 14.3. The number of rotatable bonds is 3. The molecule has 3 atom stereocenters. The molecule has 0 aromatic heterocycles. The Labute approximate surface area is 122 Å². The lowest BCUT2D eigenvalue weighted by Crippen LogP contribution is -2.50. The summed E-state index contributed by atoms with van der Waals surface area (Å²) in [7, 11) is 0. The van der Waals surface area contributed by atoms with Gasteiger partial charge in [-0.2, -0.15) is 0 Å². The summed E-state index contributed by atoms with van der Waals surface area (Å²) in [5.41, 5.74) is -0.370. The van der Waals surface area contributed by atoms with E-state index in [-0.39, 0.29) is 17.7 Å². The number of hydrogen-bond acceptors (Lipinski definition) is 3. The third-order valence-electron chi connectivity index (χ3n) is 5.56. The van der Waals surface area contributed by atoms with Crippen LogP contribution in [0.3, 0.4) is 0 Å². The lowest BCUT2D eigenvalue weighted by Gasteiger charge is -2.37. The fraction of sp³-hybridized carbons (Fsp3) is 0.938. The van der Waals surface area contributed by atoms with Crippen molar-refractivity contribution in [2.24, 2.45) is 5.92 Å². The Balaban J connectivity index is 1.83. The second-order valence-corrected chi connectivity index (χ2v) is 6.90. The third-order valence-corrected chi connectivity index (χ3v) is 5.56. The van der Waals surface area contributed by atoms with Crippen molar-refractivity contribution in [2.45, 2.75) is 76.5 Å². The zero-order chi connectivity index (χ0) is 14.2. The van der Waals surface area contributed by atoms with Crippen LogP contribution in [0.5, 0.6) is 0 Å². The summed E-state index contributed by atoms with van der Waals surface area (Å²) in [4.78, 5) is 15.1. The maximum absolute atomic E-state index is 12.9. The van der Waals surface area contributed by atoms with Crippen LogP contribution in [-0.4, -0.2) is 41.8 Å². The van der Waals surface area contributed by atoms with Gasteiger partial charge < -0.3 is 9.64 Å². The lowest BCUT2D eigenvalue weighted by atomic mass is 9.98. The molecule has 20 heavy (non-hydrogen) atoms. The molecule has 3 fully saturated rings. The van der Waals surface area contributed by atoms with Gasteiger partial charge in [0.15, 0.2) is 0 Å². The van der Waals surface area contributed by atoms with Crippen molar-refractivity contribution in [2.75, 3.05) is 13.2 Å². The van der Waals surface area contributed by atoms with E-state index >= 15 is 0 Å². The smallest absolute Gasteiger partial charge is 0.244 e. The Kier molecular flexibility index (Phi) is 4.04. The maximum atomic E-state index is 12.9. The first-order valence-corrected chi connectivity index (χ1v) is 8.34. The monoisotopic (exact) mass is 280 g/mol. The van der Waals surface area contributed by atoms with Crippen LogP contribution in [0.4, 0.5) is 0 Å². The summed E-state index contributed by atoms with van der Waals surface area (Å²) in [6, 6.07) is 0.280. The fourth-order valence-electron chi connectivity index (χ4n) is 4.08. The van der Waals surface area contributed by atoms with Crippen molar-refractivity contribution in [3.05, 3.63) is 0 Å². The number of hydrogen-bond donors (Lipinski definition) is 1. The first-order valence-electron chi connectivity index (χ1n) is 8.34. The Morgan fingerprint density at radius 2 is 2.05 bits per heavy atom. The average molecular weight is 280 g/mol. The minimum Gasteiger partial charge on any atom is -0.379 e. The summed E-state index contributed by atoms with van der Waals surface area (Å²) in [5, 5.41) is 3.68. The van der Waals surface area contributed by atoms with Crippen LogP contribution in [0.1, 0.15) is 58.8 Å². The Morgan fingerprint density at radius 1 is 1.30 bits per heavy atom. The molecular weight excluding hydrogens is 252 g/mol. The Hall–Kier alpha value is -0.610. The van der Waals surface area contributed by atoms with E-state index in [1.54, 1.807) is 0 Å². The van der Waals surface area contributed by atoms with Crippen molar-refractivity contribution in [1.29, 1.82) is 0 Å². The molecule has 3 unspecified atom stereocenters.